The molecule has 5 rings (SSSR count). The summed E-state index contributed by atoms with van der Waals surface area (Å²) < 4.78 is 12.4. The minimum atomic E-state index is -0.240. The van der Waals surface area contributed by atoms with Crippen molar-refractivity contribution in [2.75, 3.05) is 40.4 Å². The van der Waals surface area contributed by atoms with Crippen LogP contribution in [-0.4, -0.2) is 98.6 Å². The van der Waals surface area contributed by atoms with Gasteiger partial charge < -0.3 is 24.4 Å². The van der Waals surface area contributed by atoms with Crippen molar-refractivity contribution in [3.8, 4) is 0 Å². The van der Waals surface area contributed by atoms with Crippen LogP contribution in [0.15, 0.2) is 59.1 Å². The molecule has 0 spiro atoms. The molecule has 0 bridgehead atoms. The van der Waals surface area contributed by atoms with Crippen LogP contribution >= 0.6 is 0 Å². The molecule has 13 nitrogen and oxygen atoms in total. The number of pyridine rings is 1. The number of nitrogens with one attached hydrogen (secondary N) is 1. The normalized spacial score (nSPS) is 18.8. The summed E-state index contributed by atoms with van der Waals surface area (Å²) in [6, 6.07) is 3.37. The zero-order chi connectivity index (χ0) is 27.5. The first-order valence-corrected chi connectivity index (χ1v) is 12.4. The lowest BCUT2D eigenvalue weighted by Crippen LogP contribution is -2.50. The number of carbonyl (C=O) groups excluding carboxylic acids is 2. The molecule has 1 aliphatic carbocycles. The van der Waals surface area contributed by atoms with Gasteiger partial charge in [0, 0.05) is 45.1 Å². The number of aromatic nitrogens is 4. The Hall–Kier alpha value is -4.65. The predicted octanol–water partition coefficient (Wildman–Crippen LogP) is 1.41. The summed E-state index contributed by atoms with van der Waals surface area (Å²) in [5.41, 5.74) is 1.74. The third kappa shape index (κ3) is 5.34. The van der Waals surface area contributed by atoms with Crippen molar-refractivity contribution in [3.63, 3.8) is 0 Å². The highest BCUT2D eigenvalue weighted by atomic mass is 16.5. The van der Waals surface area contributed by atoms with Gasteiger partial charge in [0.2, 0.25) is 17.6 Å². The summed E-state index contributed by atoms with van der Waals surface area (Å²) >= 11 is 0. The van der Waals surface area contributed by atoms with E-state index in [2.05, 4.69) is 20.3 Å². The molecule has 0 saturated carbocycles. The van der Waals surface area contributed by atoms with Gasteiger partial charge in [0.15, 0.2) is 5.82 Å². The zero-order valence-corrected chi connectivity index (χ0v) is 21.6. The van der Waals surface area contributed by atoms with E-state index in [-0.39, 0.29) is 54.8 Å². The zero-order valence-electron chi connectivity index (χ0n) is 21.6. The first-order chi connectivity index (χ1) is 18.9. The molecular formula is C26H28N8O5. The SMILES string of the molecule is COC/C(O)=C/C(=N)c1nnc2n1N=C(OCc1ccc(C(=O)N3CCN(C)C(=O)C3)cn1)C1=CC=CCC12. The fourth-order valence-corrected chi connectivity index (χ4v) is 4.44. The van der Waals surface area contributed by atoms with E-state index < -0.39 is 0 Å². The molecule has 2 aromatic rings. The van der Waals surface area contributed by atoms with Crippen molar-refractivity contribution in [1.29, 1.82) is 5.41 Å². The Morgan fingerprint density at radius 1 is 1.28 bits per heavy atom. The molecule has 2 aromatic heterocycles. The number of piperazine rings is 1. The van der Waals surface area contributed by atoms with Crippen LogP contribution in [0.3, 0.4) is 0 Å². The summed E-state index contributed by atoms with van der Waals surface area (Å²) in [5, 5.41) is 31.3. The largest absolute Gasteiger partial charge is 0.510 e. The van der Waals surface area contributed by atoms with Crippen LogP contribution in [-0.2, 0) is 20.9 Å². The number of methoxy groups -OCH3 is 1. The average molecular weight is 533 g/mol. The van der Waals surface area contributed by atoms with Crippen LogP contribution in [0.1, 0.15) is 40.0 Å². The minimum Gasteiger partial charge on any atom is -0.510 e. The molecule has 4 heterocycles. The van der Waals surface area contributed by atoms with Crippen LogP contribution in [0.25, 0.3) is 0 Å². The van der Waals surface area contributed by atoms with Crippen molar-refractivity contribution in [2.24, 2.45) is 5.10 Å². The van der Waals surface area contributed by atoms with Crippen LogP contribution in [0.4, 0.5) is 0 Å². The lowest BCUT2D eigenvalue weighted by molar-refractivity contribution is -0.133. The molecule has 39 heavy (non-hydrogen) atoms. The quantitative estimate of drug-likeness (QED) is 0.400. The number of amides is 2. The maximum Gasteiger partial charge on any atom is 0.255 e. The van der Waals surface area contributed by atoms with E-state index in [1.165, 1.54) is 29.0 Å². The Balaban J connectivity index is 1.32. The van der Waals surface area contributed by atoms with Gasteiger partial charge in [0.25, 0.3) is 5.91 Å². The van der Waals surface area contributed by atoms with Gasteiger partial charge in [-0.1, -0.05) is 18.2 Å². The maximum absolute atomic E-state index is 12.8. The third-order valence-electron chi connectivity index (χ3n) is 6.59. The Kier molecular flexibility index (Phi) is 7.32. The third-order valence-corrected chi connectivity index (χ3v) is 6.59. The molecule has 0 aromatic carbocycles. The molecule has 0 radical (unpaired) electrons. The molecule has 1 fully saturated rings. The van der Waals surface area contributed by atoms with Crippen LogP contribution in [0, 0.1) is 5.41 Å². The van der Waals surface area contributed by atoms with Crippen molar-refractivity contribution in [2.45, 2.75) is 18.9 Å². The fourth-order valence-electron chi connectivity index (χ4n) is 4.44. The van der Waals surface area contributed by atoms with Gasteiger partial charge in [-0.2, -0.15) is 4.68 Å². The highest BCUT2D eigenvalue weighted by molar-refractivity contribution is 6.05. The Labute approximate surface area is 224 Å². The second-order valence-electron chi connectivity index (χ2n) is 9.29. The van der Waals surface area contributed by atoms with E-state index in [4.69, 9.17) is 14.9 Å². The van der Waals surface area contributed by atoms with Crippen molar-refractivity contribution in [3.05, 3.63) is 76.9 Å². The van der Waals surface area contributed by atoms with E-state index in [9.17, 15) is 14.7 Å². The van der Waals surface area contributed by atoms with Gasteiger partial charge >= 0.3 is 0 Å². The predicted molar refractivity (Wildman–Crippen MR) is 139 cm³/mol. The van der Waals surface area contributed by atoms with Gasteiger partial charge in [-0.15, -0.1) is 15.3 Å². The molecule has 202 valence electrons. The summed E-state index contributed by atoms with van der Waals surface area (Å²) in [5.74, 6) is 0.455. The lowest BCUT2D eigenvalue weighted by atomic mass is 9.89. The van der Waals surface area contributed by atoms with E-state index in [1.807, 2.05) is 18.2 Å². The van der Waals surface area contributed by atoms with Gasteiger partial charge in [0.1, 0.15) is 31.2 Å². The number of ether oxygens (including phenoxy) is 2. The first kappa shape index (κ1) is 26.0. The molecule has 13 heteroatoms. The molecule has 1 saturated heterocycles. The molecule has 3 aliphatic rings. The molecule has 1 unspecified atom stereocenters. The minimum absolute atomic E-state index is 0.0355. The smallest absolute Gasteiger partial charge is 0.255 e. The molecule has 2 N–H and O–H groups in total. The fraction of sp³-hybridized carbons (Fsp3) is 0.346. The number of aliphatic hydroxyl groups is 1. The molecule has 2 aliphatic heterocycles. The summed E-state index contributed by atoms with van der Waals surface area (Å²) in [4.78, 5) is 32.3. The van der Waals surface area contributed by atoms with Crippen LogP contribution < -0.4 is 0 Å². The van der Waals surface area contributed by atoms with Gasteiger partial charge in [-0.3, -0.25) is 20.0 Å². The number of hydrogen-bond donors (Lipinski definition) is 2. The van der Waals surface area contributed by atoms with Crippen molar-refractivity contribution < 1.29 is 24.2 Å². The number of rotatable bonds is 7. The van der Waals surface area contributed by atoms with Gasteiger partial charge in [-0.05, 0) is 18.6 Å². The van der Waals surface area contributed by atoms with Crippen LogP contribution in [0.2, 0.25) is 0 Å². The first-order valence-electron chi connectivity index (χ1n) is 12.4. The maximum atomic E-state index is 12.8. The number of nitrogens with zero attached hydrogens (tertiary/aromatic N) is 7. The molecule has 2 amide bonds. The Bertz CT molecular complexity index is 1420. The van der Waals surface area contributed by atoms with Crippen molar-refractivity contribution >= 4 is 23.4 Å². The van der Waals surface area contributed by atoms with Gasteiger partial charge in [0.05, 0.1) is 17.2 Å². The number of hydrogen-bond acceptors (Lipinski definition) is 10. The number of fused-ring (bicyclic) bond motifs is 3. The summed E-state index contributed by atoms with van der Waals surface area (Å²) in [7, 11) is 3.17. The second-order valence-corrected chi connectivity index (χ2v) is 9.29. The Morgan fingerprint density at radius 2 is 2.13 bits per heavy atom. The average Bonchev–Trinajstić information content (AvgIpc) is 3.37. The van der Waals surface area contributed by atoms with E-state index in [1.54, 1.807) is 24.1 Å². The van der Waals surface area contributed by atoms with E-state index >= 15 is 0 Å². The van der Waals surface area contributed by atoms with E-state index in [0.29, 0.717) is 42.5 Å². The lowest BCUT2D eigenvalue weighted by Gasteiger charge is -2.31. The standard InChI is InChI=1S/C26H28N8O5/c1-32-9-10-33(13-22(32)36)26(37)16-7-8-17(28-12-16)14-39-25-20-6-4-3-5-19(20)23-29-30-24(34(23)31-25)21(27)11-18(35)15-38-2/h3-4,6-8,11-12,19,27,35H,5,9-10,13-15H2,1-2H3/b18-11-,27-21?. The van der Waals surface area contributed by atoms with Gasteiger partial charge in [-0.25, -0.2) is 0 Å². The molecular weight excluding hydrogens is 504 g/mol. The summed E-state index contributed by atoms with van der Waals surface area (Å²) in [6.07, 6.45) is 9.23. The topological polar surface area (TPSA) is 159 Å². The summed E-state index contributed by atoms with van der Waals surface area (Å²) in [6.45, 7) is 1.08. The number of allylic oxidation sites excluding steroid dienone is 4. The number of aliphatic hydroxyl groups excluding tert-OH is 1. The monoisotopic (exact) mass is 532 g/mol. The number of likely N-dealkylation sites (N-methyl/N-ethyl adjacent to an activating group) is 1. The second kappa shape index (κ2) is 11.0. The highest BCUT2D eigenvalue weighted by Crippen LogP contribution is 2.35. The highest BCUT2D eigenvalue weighted by Gasteiger charge is 2.34. The van der Waals surface area contributed by atoms with E-state index in [0.717, 1.165) is 5.57 Å². The Morgan fingerprint density at radius 3 is 2.87 bits per heavy atom. The number of carbonyl (C=O) groups is 2. The van der Waals surface area contributed by atoms with Crippen molar-refractivity contribution in [1.82, 2.24) is 29.7 Å². The molecule has 1 atom stereocenters. The van der Waals surface area contributed by atoms with Crippen LogP contribution in [0.5, 0.6) is 0 Å².